The molecule has 1 atom stereocenters. The zero-order valence-electron chi connectivity index (χ0n) is 21.6. The molecule has 0 saturated carbocycles. The highest BCUT2D eigenvalue weighted by Crippen LogP contribution is 2.44. The lowest BCUT2D eigenvalue weighted by atomic mass is 9.96. The summed E-state index contributed by atoms with van der Waals surface area (Å²) in [6, 6.07) is 15.2. The van der Waals surface area contributed by atoms with E-state index < -0.39 is 23.7 Å². The van der Waals surface area contributed by atoms with Gasteiger partial charge in [-0.1, -0.05) is 74.5 Å². The molecule has 0 aliphatic heterocycles. The molecule has 190 valence electrons. The third kappa shape index (κ3) is 5.75. The lowest BCUT2D eigenvalue weighted by Gasteiger charge is -2.24. The van der Waals surface area contributed by atoms with E-state index in [-0.39, 0.29) is 30.3 Å². The number of hydrogen-bond donors (Lipinski definition) is 1. The monoisotopic (exact) mass is 491 g/mol. The van der Waals surface area contributed by atoms with Crippen molar-refractivity contribution in [3.8, 4) is 11.1 Å². The molecule has 3 aromatic rings. The Labute approximate surface area is 211 Å². The smallest absolute Gasteiger partial charge is 0.407 e. The van der Waals surface area contributed by atoms with E-state index in [0.29, 0.717) is 5.82 Å². The van der Waals surface area contributed by atoms with E-state index in [4.69, 9.17) is 14.0 Å². The number of benzene rings is 2. The van der Waals surface area contributed by atoms with Crippen LogP contribution in [0.25, 0.3) is 11.1 Å². The number of carbonyl (C=O) groups is 2. The zero-order chi connectivity index (χ0) is 26.1. The lowest BCUT2D eigenvalue weighted by molar-refractivity contribution is -0.157. The highest BCUT2D eigenvalue weighted by atomic mass is 16.6. The van der Waals surface area contributed by atoms with E-state index in [2.05, 4.69) is 27.6 Å². The minimum Gasteiger partial charge on any atom is -0.458 e. The maximum Gasteiger partial charge on any atom is 0.407 e. The van der Waals surface area contributed by atoms with Crippen molar-refractivity contribution in [2.45, 2.75) is 70.9 Å². The first-order chi connectivity index (χ1) is 16.9. The summed E-state index contributed by atoms with van der Waals surface area (Å²) in [6.45, 7) is 11.3. The molecule has 2 aromatic carbocycles. The van der Waals surface area contributed by atoms with Crippen LogP contribution in [0.5, 0.6) is 0 Å². The van der Waals surface area contributed by atoms with E-state index >= 15 is 0 Å². The van der Waals surface area contributed by atoms with E-state index in [1.54, 1.807) is 20.8 Å². The number of esters is 1. The fraction of sp³-hybridized carbons (Fsp3) is 0.429. The van der Waals surface area contributed by atoms with Gasteiger partial charge in [-0.25, -0.2) is 9.59 Å². The number of hydrogen-bond acceptors (Lipinski definition) is 7. The Morgan fingerprint density at radius 2 is 1.56 bits per heavy atom. The third-order valence-electron chi connectivity index (χ3n) is 5.84. The Hall–Kier alpha value is -3.68. The number of aromatic nitrogens is 2. The van der Waals surface area contributed by atoms with Gasteiger partial charge in [0.2, 0.25) is 5.89 Å². The molecule has 8 nitrogen and oxygen atoms in total. The van der Waals surface area contributed by atoms with Crippen LogP contribution in [0.3, 0.4) is 0 Å². The second-order valence-corrected chi connectivity index (χ2v) is 11.0. The zero-order valence-corrected chi connectivity index (χ0v) is 21.6. The second kappa shape index (κ2) is 9.76. The summed E-state index contributed by atoms with van der Waals surface area (Å²) >= 11 is 0. The molecule has 0 radical (unpaired) electrons. The Kier molecular flexibility index (Phi) is 6.89. The molecular weight excluding hydrogens is 458 g/mol. The van der Waals surface area contributed by atoms with Gasteiger partial charge in [-0.2, -0.15) is 4.98 Å². The van der Waals surface area contributed by atoms with Gasteiger partial charge in [0.25, 0.3) is 0 Å². The Morgan fingerprint density at radius 1 is 0.972 bits per heavy atom. The van der Waals surface area contributed by atoms with Gasteiger partial charge in [0.15, 0.2) is 5.82 Å². The fourth-order valence-corrected chi connectivity index (χ4v) is 4.17. The maximum absolute atomic E-state index is 12.9. The molecule has 8 heteroatoms. The summed E-state index contributed by atoms with van der Waals surface area (Å²) in [7, 11) is 0. The van der Waals surface area contributed by atoms with Crippen LogP contribution in [0.1, 0.15) is 70.3 Å². The van der Waals surface area contributed by atoms with E-state index in [1.165, 1.54) is 0 Å². The summed E-state index contributed by atoms with van der Waals surface area (Å²) in [4.78, 5) is 30.1. The second-order valence-electron chi connectivity index (χ2n) is 11.0. The maximum atomic E-state index is 12.9. The van der Waals surface area contributed by atoms with Crippen molar-refractivity contribution >= 4 is 12.1 Å². The molecule has 1 N–H and O–H groups in total. The average molecular weight is 492 g/mol. The van der Waals surface area contributed by atoms with Gasteiger partial charge in [-0.3, -0.25) is 0 Å². The molecule has 1 aromatic heterocycles. The average Bonchev–Trinajstić information content (AvgIpc) is 3.39. The molecule has 0 fully saturated rings. The SMILES string of the molecule is CC(C)(C)OC(=O)[C@H](Cc1nc(C(C)(C)C)no1)NC(=O)OCC1c2ccccc2-c2ccccc21. The van der Waals surface area contributed by atoms with Crippen molar-refractivity contribution in [3.05, 3.63) is 71.4 Å². The van der Waals surface area contributed by atoms with E-state index in [0.717, 1.165) is 22.3 Å². The first-order valence-corrected chi connectivity index (χ1v) is 12.1. The van der Waals surface area contributed by atoms with Crippen LogP contribution in [0, 0.1) is 0 Å². The first kappa shape index (κ1) is 25.4. The first-order valence-electron chi connectivity index (χ1n) is 12.1. The van der Waals surface area contributed by atoms with Crippen molar-refractivity contribution in [2.24, 2.45) is 0 Å². The molecule has 1 amide bonds. The summed E-state index contributed by atoms with van der Waals surface area (Å²) < 4.78 is 16.5. The van der Waals surface area contributed by atoms with E-state index in [1.807, 2.05) is 57.2 Å². The topological polar surface area (TPSA) is 104 Å². The van der Waals surface area contributed by atoms with Crippen LogP contribution >= 0.6 is 0 Å². The molecule has 0 spiro atoms. The molecule has 1 aliphatic carbocycles. The van der Waals surface area contributed by atoms with Gasteiger partial charge in [0.05, 0.1) is 6.42 Å². The quantitative estimate of drug-likeness (QED) is 0.475. The van der Waals surface area contributed by atoms with Crippen LogP contribution < -0.4 is 5.32 Å². The van der Waals surface area contributed by atoms with Gasteiger partial charge < -0.3 is 19.3 Å². The van der Waals surface area contributed by atoms with Crippen molar-refractivity contribution in [2.75, 3.05) is 6.61 Å². The number of ether oxygens (including phenoxy) is 2. The predicted octanol–water partition coefficient (Wildman–Crippen LogP) is 5.16. The number of alkyl carbamates (subject to hydrolysis) is 1. The Bertz CT molecular complexity index is 1210. The predicted molar refractivity (Wildman–Crippen MR) is 135 cm³/mol. The highest BCUT2D eigenvalue weighted by Gasteiger charge is 2.32. The number of fused-ring (bicyclic) bond motifs is 3. The molecule has 4 rings (SSSR count). The van der Waals surface area contributed by atoms with Crippen LogP contribution in [-0.4, -0.2) is 40.5 Å². The number of rotatable bonds is 6. The van der Waals surface area contributed by atoms with Crippen LogP contribution in [0.4, 0.5) is 4.79 Å². The van der Waals surface area contributed by atoms with Crippen LogP contribution in [0.2, 0.25) is 0 Å². The number of nitrogens with one attached hydrogen (secondary N) is 1. The molecule has 1 heterocycles. The van der Waals surface area contributed by atoms with Crippen molar-refractivity contribution in [1.82, 2.24) is 15.5 Å². The molecule has 0 saturated heterocycles. The highest BCUT2D eigenvalue weighted by molar-refractivity contribution is 5.82. The van der Waals surface area contributed by atoms with Crippen molar-refractivity contribution in [3.63, 3.8) is 0 Å². The van der Waals surface area contributed by atoms with E-state index in [9.17, 15) is 9.59 Å². The largest absolute Gasteiger partial charge is 0.458 e. The molecule has 0 bridgehead atoms. The number of carbonyl (C=O) groups excluding carboxylic acids is 2. The van der Waals surface area contributed by atoms with Crippen LogP contribution in [0.15, 0.2) is 53.1 Å². The lowest BCUT2D eigenvalue weighted by Crippen LogP contribution is -2.46. The minimum atomic E-state index is -1.05. The van der Waals surface area contributed by atoms with Gasteiger partial charge in [0, 0.05) is 11.3 Å². The molecular formula is C28H33N3O5. The van der Waals surface area contributed by atoms with Gasteiger partial charge in [-0.15, -0.1) is 0 Å². The molecule has 0 unspecified atom stereocenters. The van der Waals surface area contributed by atoms with Gasteiger partial charge in [0.1, 0.15) is 18.2 Å². The number of nitrogens with zero attached hydrogens (tertiary/aromatic N) is 2. The normalized spacial score (nSPS) is 14.1. The molecule has 36 heavy (non-hydrogen) atoms. The summed E-state index contributed by atoms with van der Waals surface area (Å²) in [5.74, 6) is 0.0521. The van der Waals surface area contributed by atoms with Gasteiger partial charge in [-0.05, 0) is 43.0 Å². The standard InChI is InChI=1S/C28H33N3O5/c1-27(2,3)25-30-23(36-31-25)15-22(24(32)35-28(4,5)6)29-26(33)34-16-21-19-13-9-7-11-17(19)18-12-8-10-14-20(18)21/h7-14,21-22H,15-16H2,1-6H3,(H,29,33)/t22-/m0/s1. The summed E-state index contributed by atoms with van der Waals surface area (Å²) in [5.41, 5.74) is 3.44. The summed E-state index contributed by atoms with van der Waals surface area (Å²) in [5, 5.41) is 6.65. The van der Waals surface area contributed by atoms with Crippen molar-refractivity contribution in [1.29, 1.82) is 0 Å². The summed E-state index contributed by atoms with van der Waals surface area (Å²) in [6.07, 6.45) is -0.731. The Morgan fingerprint density at radius 3 is 2.08 bits per heavy atom. The van der Waals surface area contributed by atoms with Crippen molar-refractivity contribution < 1.29 is 23.6 Å². The number of amides is 1. The Balaban J connectivity index is 1.47. The van der Waals surface area contributed by atoms with Gasteiger partial charge >= 0.3 is 12.1 Å². The third-order valence-corrected chi connectivity index (χ3v) is 5.84. The minimum absolute atomic E-state index is 0.0117. The van der Waals surface area contributed by atoms with Crippen LogP contribution in [-0.2, 0) is 26.1 Å². The fourth-order valence-electron chi connectivity index (χ4n) is 4.17. The molecule has 1 aliphatic rings.